The number of nitrogens with zero attached hydrogens (tertiary/aromatic N) is 1. The molecule has 1 aliphatic rings. The molecule has 0 aliphatic heterocycles. The molecule has 0 spiro atoms. The van der Waals surface area contributed by atoms with Gasteiger partial charge in [-0.1, -0.05) is 12.6 Å². The lowest BCUT2D eigenvalue weighted by molar-refractivity contribution is -0.132. The Morgan fingerprint density at radius 3 is 2.59 bits per heavy atom. The number of rotatable bonds is 6. The molecule has 0 bridgehead atoms. The van der Waals surface area contributed by atoms with Gasteiger partial charge >= 0.3 is 0 Å². The molecular formula is C16H18F2N2O2. The zero-order valence-corrected chi connectivity index (χ0v) is 12.3. The molecule has 2 amide bonds. The van der Waals surface area contributed by atoms with Gasteiger partial charge in [0.25, 0.3) is 0 Å². The second-order valence-electron chi connectivity index (χ2n) is 5.21. The zero-order chi connectivity index (χ0) is 16.3. The SMILES string of the molecule is C=CC(=O)N(CC)CC(=O)N[C@@H]1C[C@H]1c1c(F)cccc1F. The van der Waals surface area contributed by atoms with E-state index in [1.807, 2.05) is 0 Å². The zero-order valence-electron chi connectivity index (χ0n) is 12.3. The van der Waals surface area contributed by atoms with Crippen LogP contribution < -0.4 is 5.32 Å². The first kappa shape index (κ1) is 16.1. The highest BCUT2D eigenvalue weighted by Crippen LogP contribution is 2.43. The van der Waals surface area contributed by atoms with Crippen molar-refractivity contribution < 1.29 is 18.4 Å². The van der Waals surface area contributed by atoms with Crippen molar-refractivity contribution in [1.82, 2.24) is 10.2 Å². The van der Waals surface area contributed by atoms with E-state index >= 15 is 0 Å². The van der Waals surface area contributed by atoms with Gasteiger partial charge in [-0.3, -0.25) is 9.59 Å². The topological polar surface area (TPSA) is 49.4 Å². The van der Waals surface area contributed by atoms with Crippen molar-refractivity contribution in [2.75, 3.05) is 13.1 Å². The quantitative estimate of drug-likeness (QED) is 0.817. The predicted octanol–water partition coefficient (Wildman–Crippen LogP) is 1.97. The third kappa shape index (κ3) is 3.50. The Morgan fingerprint density at radius 1 is 1.41 bits per heavy atom. The number of nitrogens with one attached hydrogen (secondary N) is 1. The standard InChI is InChI=1S/C16H18F2N2O2/c1-3-15(22)20(4-2)9-14(21)19-13-8-10(13)16-11(17)6-5-7-12(16)18/h3,5-7,10,13H,1,4,8-9H2,2H3,(H,19,21)/t10-,13-/m1/s1. The van der Waals surface area contributed by atoms with Gasteiger partial charge in [-0.15, -0.1) is 0 Å². The second-order valence-corrected chi connectivity index (χ2v) is 5.21. The highest BCUT2D eigenvalue weighted by Gasteiger charge is 2.42. The van der Waals surface area contributed by atoms with E-state index in [2.05, 4.69) is 11.9 Å². The fraction of sp³-hybridized carbons (Fsp3) is 0.375. The Kier molecular flexibility index (Phi) is 4.90. The van der Waals surface area contributed by atoms with Gasteiger partial charge in [0.15, 0.2) is 0 Å². The van der Waals surface area contributed by atoms with Crippen molar-refractivity contribution >= 4 is 11.8 Å². The smallest absolute Gasteiger partial charge is 0.246 e. The number of hydrogen-bond donors (Lipinski definition) is 1. The van der Waals surface area contributed by atoms with Gasteiger partial charge in [0, 0.05) is 24.1 Å². The van der Waals surface area contributed by atoms with E-state index in [1.54, 1.807) is 6.92 Å². The Morgan fingerprint density at radius 2 is 2.05 bits per heavy atom. The molecule has 0 unspecified atom stereocenters. The van der Waals surface area contributed by atoms with Gasteiger partial charge in [-0.05, 0) is 31.6 Å². The normalized spacial score (nSPS) is 19.4. The van der Waals surface area contributed by atoms with Crippen LogP contribution in [0.3, 0.4) is 0 Å². The second kappa shape index (κ2) is 6.68. The fourth-order valence-electron chi connectivity index (χ4n) is 2.44. The average molecular weight is 308 g/mol. The molecule has 1 fully saturated rings. The summed E-state index contributed by atoms with van der Waals surface area (Å²) < 4.78 is 27.3. The number of amides is 2. The summed E-state index contributed by atoms with van der Waals surface area (Å²) in [5, 5.41) is 2.70. The van der Waals surface area contributed by atoms with E-state index < -0.39 is 11.6 Å². The molecule has 6 heteroatoms. The van der Waals surface area contributed by atoms with Crippen LogP contribution in [0.2, 0.25) is 0 Å². The molecule has 0 saturated heterocycles. The summed E-state index contributed by atoms with van der Waals surface area (Å²) in [5.41, 5.74) is 0.0160. The highest BCUT2D eigenvalue weighted by atomic mass is 19.1. The fourth-order valence-corrected chi connectivity index (χ4v) is 2.44. The summed E-state index contributed by atoms with van der Waals surface area (Å²) in [6, 6.07) is 3.43. The third-order valence-corrected chi connectivity index (χ3v) is 3.71. The van der Waals surface area contributed by atoms with E-state index in [0.29, 0.717) is 13.0 Å². The summed E-state index contributed by atoms with van der Waals surface area (Å²) in [6.45, 7) is 5.42. The summed E-state index contributed by atoms with van der Waals surface area (Å²) in [5.74, 6) is -2.22. The number of halogens is 2. The van der Waals surface area contributed by atoms with Crippen LogP contribution >= 0.6 is 0 Å². The Labute approximate surface area is 127 Å². The maximum Gasteiger partial charge on any atom is 0.246 e. The lowest BCUT2D eigenvalue weighted by atomic mass is 10.1. The van der Waals surface area contributed by atoms with Crippen LogP contribution in [0.15, 0.2) is 30.9 Å². The number of likely N-dealkylation sites (N-methyl/N-ethyl adjacent to an activating group) is 1. The van der Waals surface area contributed by atoms with E-state index in [4.69, 9.17) is 0 Å². The van der Waals surface area contributed by atoms with Crippen molar-refractivity contribution in [3.05, 3.63) is 48.1 Å². The number of hydrogen-bond acceptors (Lipinski definition) is 2. The van der Waals surface area contributed by atoms with E-state index in [1.165, 1.54) is 23.1 Å². The molecule has 0 heterocycles. The molecule has 1 saturated carbocycles. The van der Waals surface area contributed by atoms with Crippen LogP contribution in [0.25, 0.3) is 0 Å². The molecular weight excluding hydrogens is 290 g/mol. The Bertz CT molecular complexity index is 584. The number of carbonyl (C=O) groups is 2. The van der Waals surface area contributed by atoms with Gasteiger partial charge in [0.05, 0.1) is 6.54 Å². The van der Waals surface area contributed by atoms with Gasteiger partial charge in [0.1, 0.15) is 11.6 Å². The van der Waals surface area contributed by atoms with Crippen molar-refractivity contribution in [2.24, 2.45) is 0 Å². The van der Waals surface area contributed by atoms with Crippen LogP contribution in [0.4, 0.5) is 8.78 Å². The van der Waals surface area contributed by atoms with Crippen LogP contribution in [0, 0.1) is 11.6 Å². The van der Waals surface area contributed by atoms with E-state index in [9.17, 15) is 18.4 Å². The first-order valence-electron chi connectivity index (χ1n) is 7.12. The van der Waals surface area contributed by atoms with Gasteiger partial charge in [-0.25, -0.2) is 8.78 Å². The van der Waals surface area contributed by atoms with Crippen LogP contribution in [-0.4, -0.2) is 35.8 Å². The first-order valence-corrected chi connectivity index (χ1v) is 7.12. The van der Waals surface area contributed by atoms with Crippen LogP contribution in [-0.2, 0) is 9.59 Å². The number of carbonyl (C=O) groups excluding carboxylic acids is 2. The van der Waals surface area contributed by atoms with Crippen LogP contribution in [0.5, 0.6) is 0 Å². The Balaban J connectivity index is 1.93. The number of benzene rings is 1. The predicted molar refractivity (Wildman–Crippen MR) is 78.1 cm³/mol. The van der Waals surface area contributed by atoms with Gasteiger partial charge < -0.3 is 10.2 Å². The maximum atomic E-state index is 13.7. The van der Waals surface area contributed by atoms with Gasteiger partial charge in [0.2, 0.25) is 11.8 Å². The van der Waals surface area contributed by atoms with Crippen LogP contribution in [0.1, 0.15) is 24.8 Å². The molecule has 1 aromatic rings. The minimum absolute atomic E-state index is 0.0160. The summed E-state index contributed by atoms with van der Waals surface area (Å²) in [7, 11) is 0. The van der Waals surface area contributed by atoms with Crippen molar-refractivity contribution in [3.63, 3.8) is 0 Å². The minimum Gasteiger partial charge on any atom is -0.351 e. The van der Waals surface area contributed by atoms with E-state index in [-0.39, 0.29) is 35.9 Å². The molecule has 4 nitrogen and oxygen atoms in total. The van der Waals surface area contributed by atoms with Crippen molar-refractivity contribution in [3.8, 4) is 0 Å². The van der Waals surface area contributed by atoms with Crippen molar-refractivity contribution in [2.45, 2.75) is 25.3 Å². The summed E-state index contributed by atoms with van der Waals surface area (Å²) in [6.07, 6.45) is 1.64. The van der Waals surface area contributed by atoms with Gasteiger partial charge in [-0.2, -0.15) is 0 Å². The molecule has 1 aliphatic carbocycles. The summed E-state index contributed by atoms with van der Waals surface area (Å²) in [4.78, 5) is 24.7. The lowest BCUT2D eigenvalue weighted by Gasteiger charge is -2.18. The van der Waals surface area contributed by atoms with Crippen molar-refractivity contribution in [1.29, 1.82) is 0 Å². The molecule has 1 N–H and O–H groups in total. The first-order chi connectivity index (χ1) is 10.5. The molecule has 2 atom stereocenters. The molecule has 2 rings (SSSR count). The average Bonchev–Trinajstić information content (AvgIpc) is 3.22. The molecule has 0 aromatic heterocycles. The monoisotopic (exact) mass is 308 g/mol. The minimum atomic E-state index is -0.598. The maximum absolute atomic E-state index is 13.7. The molecule has 118 valence electrons. The third-order valence-electron chi connectivity index (χ3n) is 3.71. The largest absolute Gasteiger partial charge is 0.351 e. The van der Waals surface area contributed by atoms with E-state index in [0.717, 1.165) is 6.08 Å². The highest BCUT2D eigenvalue weighted by molar-refractivity contribution is 5.91. The summed E-state index contributed by atoms with van der Waals surface area (Å²) >= 11 is 0. The Hall–Kier alpha value is -2.24. The molecule has 22 heavy (non-hydrogen) atoms. The molecule has 0 radical (unpaired) electrons. The molecule has 1 aromatic carbocycles. The lowest BCUT2D eigenvalue weighted by Crippen LogP contribution is -2.40.